The van der Waals surface area contributed by atoms with Crippen LogP contribution in [0.25, 0.3) is 0 Å². The van der Waals surface area contributed by atoms with E-state index in [-0.39, 0.29) is 35.5 Å². The zero-order valence-electron chi connectivity index (χ0n) is 27.1. The quantitative estimate of drug-likeness (QED) is 0.284. The normalized spacial score (nSPS) is 38.8. The van der Waals surface area contributed by atoms with Crippen molar-refractivity contribution in [1.82, 2.24) is 9.80 Å². The molecule has 8 aliphatic rings. The van der Waals surface area contributed by atoms with Crippen LogP contribution in [0.5, 0.6) is 23.0 Å². The number of piperidine rings is 2. The van der Waals surface area contributed by atoms with Crippen molar-refractivity contribution in [2.24, 2.45) is 11.8 Å². The summed E-state index contributed by atoms with van der Waals surface area (Å²) in [4.78, 5) is 31.2. The van der Waals surface area contributed by atoms with Gasteiger partial charge in [0.05, 0.1) is 12.8 Å². The van der Waals surface area contributed by atoms with Crippen LogP contribution in [0.3, 0.4) is 0 Å². The predicted molar refractivity (Wildman–Crippen MR) is 172 cm³/mol. The van der Waals surface area contributed by atoms with Gasteiger partial charge < -0.3 is 39.0 Å². The van der Waals surface area contributed by atoms with Crippen molar-refractivity contribution >= 4 is 11.9 Å². The summed E-state index contributed by atoms with van der Waals surface area (Å²) in [6.07, 6.45) is 8.75. The Balaban J connectivity index is 0.869. The molecule has 4 aliphatic carbocycles. The zero-order chi connectivity index (χ0) is 32.7. The maximum Gasteiger partial charge on any atom is 0.311 e. The van der Waals surface area contributed by atoms with Crippen LogP contribution in [0.4, 0.5) is 0 Å². The Morgan fingerprint density at radius 2 is 1.17 bits per heavy atom. The summed E-state index contributed by atoms with van der Waals surface area (Å²) in [5.74, 6) is 1.06. The highest BCUT2D eigenvalue weighted by atomic mass is 16.6. The van der Waals surface area contributed by atoms with Crippen molar-refractivity contribution in [3.63, 3.8) is 0 Å². The summed E-state index contributed by atoms with van der Waals surface area (Å²) >= 11 is 0. The molecule has 2 spiro atoms. The van der Waals surface area contributed by atoms with Gasteiger partial charge in [-0.25, -0.2) is 0 Å². The van der Waals surface area contributed by atoms with Gasteiger partial charge in [0.1, 0.15) is 24.4 Å². The molecule has 2 N–H and O–H groups in total. The first-order chi connectivity index (χ1) is 23.2. The third kappa shape index (κ3) is 3.61. The minimum absolute atomic E-state index is 0.171. The van der Waals surface area contributed by atoms with Crippen molar-refractivity contribution in [3.05, 3.63) is 70.8 Å². The van der Waals surface area contributed by atoms with E-state index in [1.54, 1.807) is 12.1 Å². The maximum absolute atomic E-state index is 13.2. The van der Waals surface area contributed by atoms with Gasteiger partial charge in [0, 0.05) is 45.9 Å². The second-order valence-electron chi connectivity index (χ2n) is 15.3. The largest absolute Gasteiger partial charge is 0.482 e. The minimum atomic E-state index is -0.745. The maximum atomic E-state index is 13.2. The lowest BCUT2D eigenvalue weighted by Gasteiger charge is -2.56. The van der Waals surface area contributed by atoms with Gasteiger partial charge >= 0.3 is 11.9 Å². The third-order valence-corrected chi connectivity index (χ3v) is 13.2. The SMILES string of the molecule is CN1CC[C@]23c4c5ccc(OC(=O)CCC(=O)Oc6ccc7c8c6O[C@H]6[C@@H](O)C=C[C@H]9[C@@H](C7)N(C)CC[C@@]896)c4O[C@H]2[C@@H](O)C=C[C@H]3[C@H]1C5. The molecule has 4 heterocycles. The highest BCUT2D eigenvalue weighted by molar-refractivity contribution is 5.81. The number of carbonyl (C=O) groups is 2. The molecule has 0 amide bonds. The lowest BCUT2D eigenvalue weighted by atomic mass is 9.53. The van der Waals surface area contributed by atoms with Crippen LogP contribution >= 0.6 is 0 Å². The molecule has 4 aliphatic heterocycles. The Morgan fingerprint density at radius 1 is 0.729 bits per heavy atom. The van der Waals surface area contributed by atoms with Gasteiger partial charge in [0.15, 0.2) is 23.0 Å². The van der Waals surface area contributed by atoms with Crippen molar-refractivity contribution in [1.29, 1.82) is 0 Å². The van der Waals surface area contributed by atoms with Gasteiger partial charge in [-0.05, 0) is 76.1 Å². The fourth-order valence-corrected chi connectivity index (χ4v) is 11.2. The second-order valence-corrected chi connectivity index (χ2v) is 15.3. The molecule has 10 atom stereocenters. The number of aliphatic hydroxyl groups excluding tert-OH is 2. The van der Waals surface area contributed by atoms with E-state index in [0.717, 1.165) is 49.9 Å². The highest BCUT2D eigenvalue weighted by Crippen LogP contribution is 2.64. The van der Waals surface area contributed by atoms with E-state index < -0.39 is 36.4 Å². The number of hydrogen-bond acceptors (Lipinski definition) is 10. The van der Waals surface area contributed by atoms with Crippen molar-refractivity contribution in [3.8, 4) is 23.0 Å². The molecule has 0 unspecified atom stereocenters. The lowest BCUT2D eigenvalue weighted by molar-refractivity contribution is -0.140. The summed E-state index contributed by atoms with van der Waals surface area (Å²) in [5.41, 5.74) is 3.79. The first-order valence-corrected chi connectivity index (χ1v) is 17.4. The van der Waals surface area contributed by atoms with Crippen LogP contribution in [0.1, 0.15) is 47.9 Å². The Hall–Kier alpha value is -3.70. The van der Waals surface area contributed by atoms with E-state index in [0.29, 0.717) is 35.1 Å². The summed E-state index contributed by atoms with van der Waals surface area (Å²) in [5, 5.41) is 22.0. The molecule has 2 fully saturated rings. The van der Waals surface area contributed by atoms with E-state index in [4.69, 9.17) is 18.9 Å². The Kier molecular flexibility index (Phi) is 6.05. The molecule has 0 saturated carbocycles. The average molecular weight is 653 g/mol. The lowest BCUT2D eigenvalue weighted by Crippen LogP contribution is -2.64. The van der Waals surface area contributed by atoms with E-state index in [1.807, 2.05) is 24.3 Å². The zero-order valence-corrected chi connectivity index (χ0v) is 27.1. The molecule has 250 valence electrons. The van der Waals surface area contributed by atoms with E-state index >= 15 is 0 Å². The number of benzene rings is 2. The van der Waals surface area contributed by atoms with E-state index in [1.165, 1.54) is 11.1 Å². The molecule has 48 heavy (non-hydrogen) atoms. The smallest absolute Gasteiger partial charge is 0.311 e. The second kappa shape index (κ2) is 9.94. The topological polar surface area (TPSA) is 118 Å². The minimum Gasteiger partial charge on any atom is -0.482 e. The molecule has 0 aromatic heterocycles. The molecular weight excluding hydrogens is 612 g/mol. The summed E-state index contributed by atoms with van der Waals surface area (Å²) in [6.45, 7) is 1.81. The van der Waals surface area contributed by atoms with Crippen LogP contribution < -0.4 is 18.9 Å². The molecule has 10 heteroatoms. The fourth-order valence-electron chi connectivity index (χ4n) is 11.2. The van der Waals surface area contributed by atoms with Crippen LogP contribution in [0, 0.1) is 11.8 Å². The average Bonchev–Trinajstić information content (AvgIpc) is 3.62. The number of carbonyl (C=O) groups excluding carboxylic acids is 2. The monoisotopic (exact) mass is 652 g/mol. The molecule has 2 aromatic carbocycles. The number of hydrogen-bond donors (Lipinski definition) is 2. The van der Waals surface area contributed by atoms with Gasteiger partial charge in [-0.2, -0.15) is 0 Å². The van der Waals surface area contributed by atoms with Crippen LogP contribution in [-0.4, -0.2) is 95.6 Å². The predicted octanol–water partition coefficient (Wildman–Crippen LogP) is 2.59. The number of likely N-dealkylation sites (N-methyl/N-ethyl adjacent to an activating group) is 2. The standard InChI is InChI=1S/C38H40N2O8/c1-39-15-13-37-21-5-7-25(41)35(37)47-33-27(9-3-19(31(33)37)17-23(21)39)45-29(43)11-12-30(44)46-28-10-4-20-18-24-22-6-8-26(42)36-38(22,14-16-40(24)2)32(20)34(28)48-36/h3-10,21-26,35-36,41-42H,11-18H2,1-2H3/t21-,22-,23+,24+,25-,26-,35-,36-,37-,38-/m0/s1. The van der Waals surface area contributed by atoms with Gasteiger partial charge in [0.25, 0.3) is 0 Å². The first-order valence-electron chi connectivity index (χ1n) is 17.4. The Bertz CT molecular complexity index is 1710. The van der Waals surface area contributed by atoms with Gasteiger partial charge in [-0.3, -0.25) is 9.59 Å². The Morgan fingerprint density at radius 3 is 1.60 bits per heavy atom. The first kappa shape index (κ1) is 29.2. The van der Waals surface area contributed by atoms with Gasteiger partial charge in [-0.15, -0.1) is 0 Å². The number of likely N-dealkylation sites (tertiary alicyclic amines) is 2. The van der Waals surface area contributed by atoms with Crippen LogP contribution in [0.15, 0.2) is 48.6 Å². The summed E-state index contributed by atoms with van der Waals surface area (Å²) < 4.78 is 24.7. The number of esters is 2. The van der Waals surface area contributed by atoms with E-state index in [2.05, 4.69) is 36.0 Å². The summed E-state index contributed by atoms with van der Waals surface area (Å²) in [6, 6.07) is 8.26. The molecular formula is C38H40N2O8. The van der Waals surface area contributed by atoms with Crippen LogP contribution in [0.2, 0.25) is 0 Å². The third-order valence-electron chi connectivity index (χ3n) is 13.2. The summed E-state index contributed by atoms with van der Waals surface area (Å²) in [7, 11) is 4.32. The molecule has 2 saturated heterocycles. The van der Waals surface area contributed by atoms with Crippen molar-refractivity contribution in [2.75, 3.05) is 27.2 Å². The molecule has 0 radical (unpaired) electrons. The van der Waals surface area contributed by atoms with Gasteiger partial charge in [-0.1, -0.05) is 36.4 Å². The molecule has 10 rings (SSSR count). The molecule has 2 aromatic rings. The van der Waals surface area contributed by atoms with Crippen molar-refractivity contribution < 1.29 is 38.7 Å². The fraction of sp³-hybridized carbons (Fsp3) is 0.526. The Labute approximate surface area is 278 Å². The van der Waals surface area contributed by atoms with Crippen LogP contribution in [-0.2, 0) is 33.3 Å². The number of nitrogens with zero attached hydrogens (tertiary/aromatic N) is 2. The highest BCUT2D eigenvalue weighted by Gasteiger charge is 2.65. The number of aliphatic hydroxyl groups is 2. The number of rotatable bonds is 5. The molecule has 10 nitrogen and oxygen atoms in total. The van der Waals surface area contributed by atoms with Crippen molar-refractivity contribution in [2.45, 2.75) is 85.9 Å². The van der Waals surface area contributed by atoms with Gasteiger partial charge in [0.2, 0.25) is 0 Å². The van der Waals surface area contributed by atoms with E-state index in [9.17, 15) is 19.8 Å². The molecule has 4 bridgehead atoms. The number of ether oxygens (including phenoxy) is 4.